The lowest BCUT2D eigenvalue weighted by Crippen LogP contribution is -2.07. The standard InChI is InChI=1S/C29H24ClN3O2/c1-34-17-27-32-29-24(30)6-4-7-25(29)33(27)15-18-9-10-21-20(13-18)16-35-26-8-3-2-5-22(26)28(21)23-14-19(23)11-12-31/h2-10,13,19H,11,14-17H2,1H3/b28-23+. The van der Waals surface area contributed by atoms with E-state index in [2.05, 4.69) is 41.0 Å². The summed E-state index contributed by atoms with van der Waals surface area (Å²) in [7, 11) is 1.68. The van der Waals surface area contributed by atoms with Crippen LogP contribution in [0.2, 0.25) is 5.02 Å². The van der Waals surface area contributed by atoms with Gasteiger partial charge in [-0.25, -0.2) is 4.98 Å². The van der Waals surface area contributed by atoms with Crippen molar-refractivity contribution in [3.63, 3.8) is 0 Å². The third-order valence-electron chi connectivity index (χ3n) is 6.86. The summed E-state index contributed by atoms with van der Waals surface area (Å²) in [6, 6.07) is 23.0. The van der Waals surface area contributed by atoms with Crippen LogP contribution in [0.1, 0.15) is 40.9 Å². The number of hydrogen-bond donors (Lipinski definition) is 0. The van der Waals surface area contributed by atoms with E-state index >= 15 is 0 Å². The number of allylic oxidation sites excluding steroid dienone is 1. The van der Waals surface area contributed by atoms with E-state index in [-0.39, 0.29) is 0 Å². The Morgan fingerprint density at radius 1 is 1.14 bits per heavy atom. The molecule has 4 aromatic rings. The summed E-state index contributed by atoms with van der Waals surface area (Å²) in [6.45, 7) is 1.56. The van der Waals surface area contributed by atoms with Gasteiger partial charge in [-0.3, -0.25) is 0 Å². The maximum Gasteiger partial charge on any atom is 0.136 e. The highest BCUT2D eigenvalue weighted by Crippen LogP contribution is 2.50. The van der Waals surface area contributed by atoms with Gasteiger partial charge in [0.15, 0.2) is 0 Å². The predicted octanol–water partition coefficient (Wildman–Crippen LogP) is 6.51. The molecule has 0 saturated heterocycles. The van der Waals surface area contributed by atoms with E-state index in [0.717, 1.165) is 45.7 Å². The Balaban J connectivity index is 1.43. The molecule has 1 fully saturated rings. The van der Waals surface area contributed by atoms with Crippen LogP contribution in [0.25, 0.3) is 16.6 Å². The monoisotopic (exact) mass is 481 g/mol. The lowest BCUT2D eigenvalue weighted by molar-refractivity contribution is 0.175. The third kappa shape index (κ3) is 3.89. The smallest absolute Gasteiger partial charge is 0.136 e. The molecule has 1 aliphatic carbocycles. The molecule has 1 saturated carbocycles. The Morgan fingerprint density at radius 3 is 2.89 bits per heavy atom. The molecular formula is C29H24ClN3O2. The highest BCUT2D eigenvalue weighted by atomic mass is 35.5. The van der Waals surface area contributed by atoms with Crippen LogP contribution in [0, 0.1) is 17.2 Å². The first-order valence-electron chi connectivity index (χ1n) is 11.7. The molecule has 0 bridgehead atoms. The van der Waals surface area contributed by atoms with Crippen molar-refractivity contribution in [2.75, 3.05) is 7.11 Å². The van der Waals surface area contributed by atoms with Gasteiger partial charge in [0.2, 0.25) is 0 Å². The maximum atomic E-state index is 9.23. The second-order valence-corrected chi connectivity index (χ2v) is 9.50. The van der Waals surface area contributed by atoms with Crippen molar-refractivity contribution >= 4 is 28.2 Å². The molecule has 0 radical (unpaired) electrons. The van der Waals surface area contributed by atoms with Gasteiger partial charge < -0.3 is 14.0 Å². The minimum atomic E-state index is 0.340. The van der Waals surface area contributed by atoms with Gasteiger partial charge in [-0.05, 0) is 58.9 Å². The fourth-order valence-electron chi connectivity index (χ4n) is 5.13. The number of imidazole rings is 1. The molecule has 35 heavy (non-hydrogen) atoms. The quantitative estimate of drug-likeness (QED) is 0.326. The lowest BCUT2D eigenvalue weighted by Gasteiger charge is -2.14. The van der Waals surface area contributed by atoms with E-state index in [4.69, 9.17) is 26.1 Å². The second kappa shape index (κ2) is 8.88. The molecule has 1 unspecified atom stereocenters. The Kier molecular flexibility index (Phi) is 5.56. The van der Waals surface area contributed by atoms with E-state index < -0.39 is 0 Å². The van der Waals surface area contributed by atoms with E-state index in [1.54, 1.807) is 7.11 Å². The summed E-state index contributed by atoms with van der Waals surface area (Å²) in [5.41, 5.74) is 9.00. The van der Waals surface area contributed by atoms with Crippen LogP contribution in [0.5, 0.6) is 5.75 Å². The molecule has 5 nitrogen and oxygen atoms in total. The van der Waals surface area contributed by atoms with E-state index in [1.165, 1.54) is 16.7 Å². The number of nitriles is 1. The molecule has 0 amide bonds. The van der Waals surface area contributed by atoms with E-state index in [1.807, 2.05) is 30.3 Å². The molecule has 1 aliphatic heterocycles. The number of nitrogens with zero attached hydrogens (tertiary/aromatic N) is 3. The first-order chi connectivity index (χ1) is 17.2. The van der Waals surface area contributed by atoms with Gasteiger partial charge >= 0.3 is 0 Å². The number of ether oxygens (including phenoxy) is 2. The molecule has 6 rings (SSSR count). The molecule has 6 heteroatoms. The summed E-state index contributed by atoms with van der Waals surface area (Å²) in [5, 5.41) is 9.87. The third-order valence-corrected chi connectivity index (χ3v) is 7.16. The zero-order chi connectivity index (χ0) is 23.9. The van der Waals surface area contributed by atoms with Crippen molar-refractivity contribution in [1.29, 1.82) is 5.26 Å². The van der Waals surface area contributed by atoms with Gasteiger partial charge in [0.05, 0.1) is 16.6 Å². The number of methoxy groups -OCH3 is 1. The zero-order valence-electron chi connectivity index (χ0n) is 19.4. The van der Waals surface area contributed by atoms with Gasteiger partial charge in [0.25, 0.3) is 0 Å². The number of para-hydroxylation sites is 2. The molecule has 2 heterocycles. The minimum absolute atomic E-state index is 0.340. The molecule has 1 atom stereocenters. The fourth-order valence-corrected chi connectivity index (χ4v) is 5.34. The Morgan fingerprint density at radius 2 is 2.03 bits per heavy atom. The van der Waals surface area contributed by atoms with Crippen molar-refractivity contribution in [3.8, 4) is 11.8 Å². The van der Waals surface area contributed by atoms with Crippen LogP contribution in [-0.2, 0) is 24.5 Å². The van der Waals surface area contributed by atoms with Crippen LogP contribution in [0.4, 0.5) is 0 Å². The van der Waals surface area contributed by atoms with Crippen LogP contribution < -0.4 is 4.74 Å². The van der Waals surface area contributed by atoms with Gasteiger partial charge in [0, 0.05) is 25.6 Å². The number of benzene rings is 3. The first-order valence-corrected chi connectivity index (χ1v) is 12.1. The summed E-state index contributed by atoms with van der Waals surface area (Å²) in [6.07, 6.45) is 1.54. The van der Waals surface area contributed by atoms with Crippen molar-refractivity contribution in [3.05, 3.63) is 99.3 Å². The number of fused-ring (bicyclic) bond motifs is 3. The highest BCUT2D eigenvalue weighted by molar-refractivity contribution is 6.34. The Hall–Kier alpha value is -3.59. The van der Waals surface area contributed by atoms with E-state index in [9.17, 15) is 5.26 Å². The molecule has 1 aromatic heterocycles. The Bertz CT molecular complexity index is 1530. The van der Waals surface area contributed by atoms with Gasteiger partial charge in [-0.2, -0.15) is 5.26 Å². The van der Waals surface area contributed by atoms with Crippen molar-refractivity contribution in [2.24, 2.45) is 5.92 Å². The highest BCUT2D eigenvalue weighted by Gasteiger charge is 2.35. The summed E-state index contributed by atoms with van der Waals surface area (Å²) < 4.78 is 13.9. The largest absolute Gasteiger partial charge is 0.488 e. The summed E-state index contributed by atoms with van der Waals surface area (Å²) >= 11 is 6.43. The second-order valence-electron chi connectivity index (χ2n) is 9.09. The summed E-state index contributed by atoms with van der Waals surface area (Å²) in [5.74, 6) is 2.08. The number of rotatable bonds is 5. The topological polar surface area (TPSA) is 60.1 Å². The molecule has 2 aliphatic rings. The number of aromatic nitrogens is 2. The average molecular weight is 482 g/mol. The van der Waals surface area contributed by atoms with Crippen LogP contribution in [0.15, 0.2) is 66.2 Å². The van der Waals surface area contributed by atoms with E-state index in [0.29, 0.717) is 37.1 Å². The zero-order valence-corrected chi connectivity index (χ0v) is 20.2. The minimum Gasteiger partial charge on any atom is -0.488 e. The van der Waals surface area contributed by atoms with Crippen molar-refractivity contribution in [1.82, 2.24) is 9.55 Å². The SMILES string of the molecule is COCc1nc2c(Cl)cccc2n1Cc1ccc2c(c1)COc1ccccc1/C2=C1\CC1CC#N. The number of hydrogen-bond acceptors (Lipinski definition) is 4. The van der Waals surface area contributed by atoms with Gasteiger partial charge in [0.1, 0.15) is 30.3 Å². The first kappa shape index (κ1) is 21.9. The van der Waals surface area contributed by atoms with Crippen molar-refractivity contribution < 1.29 is 9.47 Å². The molecule has 3 aromatic carbocycles. The van der Waals surface area contributed by atoms with Gasteiger partial charge in [-0.1, -0.05) is 53.6 Å². The van der Waals surface area contributed by atoms with Crippen LogP contribution in [0.3, 0.4) is 0 Å². The Labute approximate surface area is 209 Å². The molecule has 0 spiro atoms. The van der Waals surface area contributed by atoms with Gasteiger partial charge in [-0.15, -0.1) is 0 Å². The maximum absolute atomic E-state index is 9.23. The summed E-state index contributed by atoms with van der Waals surface area (Å²) in [4.78, 5) is 4.74. The lowest BCUT2D eigenvalue weighted by atomic mass is 9.91. The van der Waals surface area contributed by atoms with Crippen LogP contribution >= 0.6 is 11.6 Å². The average Bonchev–Trinajstić information content (AvgIpc) is 3.56. The van der Waals surface area contributed by atoms with Crippen molar-refractivity contribution in [2.45, 2.75) is 32.6 Å². The predicted molar refractivity (Wildman–Crippen MR) is 136 cm³/mol. The molecule has 174 valence electrons. The molecule has 0 N–H and O–H groups in total. The normalized spacial score (nSPS) is 18.4. The fraction of sp³-hybridized carbons (Fsp3) is 0.241. The molecular weight excluding hydrogens is 458 g/mol. The van der Waals surface area contributed by atoms with Crippen LogP contribution in [-0.4, -0.2) is 16.7 Å². The number of halogens is 1.